The molecule has 596 valence electrons. The second-order valence-corrected chi connectivity index (χ2v) is 29.3. The van der Waals surface area contributed by atoms with E-state index in [1.165, 1.54) is 212 Å². The normalized spacial score (nSPS) is 26.8. The van der Waals surface area contributed by atoms with Crippen molar-refractivity contribution in [1.82, 2.24) is 10.6 Å². The van der Waals surface area contributed by atoms with Crippen molar-refractivity contribution < 1.29 is 104 Å². The van der Waals surface area contributed by atoms with E-state index in [4.69, 9.17) is 28.4 Å². The van der Waals surface area contributed by atoms with Crippen molar-refractivity contribution in [1.29, 1.82) is 0 Å². The number of carboxylic acids is 1. The van der Waals surface area contributed by atoms with Crippen LogP contribution in [0.4, 0.5) is 0 Å². The van der Waals surface area contributed by atoms with Gasteiger partial charge in [0.15, 0.2) is 12.6 Å². The summed E-state index contributed by atoms with van der Waals surface area (Å²) < 4.78 is 34.9. The molecule has 0 aromatic rings. The van der Waals surface area contributed by atoms with E-state index in [1.807, 2.05) is 6.08 Å². The molecule has 3 heterocycles. The molecule has 0 aliphatic carbocycles. The van der Waals surface area contributed by atoms with Crippen molar-refractivity contribution in [3.8, 4) is 0 Å². The average Bonchev–Trinajstić information content (AvgIpc) is 0.756. The Labute approximate surface area is 612 Å². The van der Waals surface area contributed by atoms with E-state index in [2.05, 4.69) is 48.8 Å². The van der Waals surface area contributed by atoms with Crippen molar-refractivity contribution in [2.75, 3.05) is 26.4 Å². The zero-order valence-electron chi connectivity index (χ0n) is 63.0. The number of carbonyl (C=O) groups is 3. The maximum Gasteiger partial charge on any atom is 0.364 e. The van der Waals surface area contributed by atoms with E-state index in [0.717, 1.165) is 58.3 Å². The highest BCUT2D eigenvalue weighted by molar-refractivity contribution is 5.77. The van der Waals surface area contributed by atoms with Crippen LogP contribution in [-0.4, -0.2) is 215 Å². The van der Waals surface area contributed by atoms with Gasteiger partial charge in [-0.05, 0) is 51.4 Å². The number of unbranched alkanes of at least 4 members (excludes halogenated alkanes) is 39. The van der Waals surface area contributed by atoms with Crippen LogP contribution in [0, 0.1) is 0 Å². The summed E-state index contributed by atoms with van der Waals surface area (Å²) in [4.78, 5) is 38.7. The molecule has 0 bridgehead atoms. The predicted octanol–water partition coefficient (Wildman–Crippen LogP) is 10.5. The van der Waals surface area contributed by atoms with Crippen LogP contribution in [0.15, 0.2) is 36.5 Å². The van der Waals surface area contributed by atoms with Gasteiger partial charge in [0, 0.05) is 19.8 Å². The van der Waals surface area contributed by atoms with Crippen LogP contribution in [-0.2, 0) is 42.8 Å². The Morgan fingerprint density at radius 2 is 0.951 bits per heavy atom. The Morgan fingerprint density at radius 1 is 0.520 bits per heavy atom. The molecular formula is C79H144N2O21. The second kappa shape index (κ2) is 58.0. The lowest BCUT2D eigenvalue weighted by molar-refractivity contribution is -0.386. The van der Waals surface area contributed by atoms with Gasteiger partial charge in [-0.25, -0.2) is 4.79 Å². The molecule has 0 aromatic carbocycles. The Balaban J connectivity index is 1.49. The first-order valence-corrected chi connectivity index (χ1v) is 40.4. The first-order valence-electron chi connectivity index (χ1n) is 40.4. The molecule has 3 fully saturated rings. The first-order chi connectivity index (χ1) is 49.4. The Morgan fingerprint density at radius 3 is 1.38 bits per heavy atom. The maximum atomic E-state index is 13.5. The Bertz CT molecular complexity index is 2180. The van der Waals surface area contributed by atoms with Gasteiger partial charge in [0.05, 0.1) is 50.7 Å². The summed E-state index contributed by atoms with van der Waals surface area (Å²) >= 11 is 0. The minimum Gasteiger partial charge on any atom is -0.477 e. The summed E-state index contributed by atoms with van der Waals surface area (Å²) in [5.41, 5.74) is 0. The molecule has 23 heteroatoms. The highest BCUT2D eigenvalue weighted by Gasteiger charge is 2.60. The summed E-state index contributed by atoms with van der Waals surface area (Å²) in [6.45, 7) is 2.17. The fourth-order valence-corrected chi connectivity index (χ4v) is 13.9. The second-order valence-electron chi connectivity index (χ2n) is 29.3. The summed E-state index contributed by atoms with van der Waals surface area (Å²) in [6, 6.07) is -2.62. The molecule has 0 radical (unpaired) electrons. The molecule has 18 unspecified atom stereocenters. The van der Waals surface area contributed by atoms with Gasteiger partial charge in [0.1, 0.15) is 67.1 Å². The third-order valence-electron chi connectivity index (χ3n) is 20.3. The molecule has 0 aromatic heterocycles. The minimum atomic E-state index is -3.08. The van der Waals surface area contributed by atoms with E-state index in [1.54, 1.807) is 6.08 Å². The highest BCUT2D eigenvalue weighted by atomic mass is 16.8. The average molecular weight is 1460 g/mol. The quantitative estimate of drug-likeness (QED) is 0.0199. The number of hydrogen-bond donors (Lipinski definition) is 14. The van der Waals surface area contributed by atoms with E-state index >= 15 is 0 Å². The lowest BCUT2D eigenvalue weighted by atomic mass is 9.88. The van der Waals surface area contributed by atoms with Crippen LogP contribution in [0.5, 0.6) is 0 Å². The van der Waals surface area contributed by atoms with Crippen molar-refractivity contribution in [2.24, 2.45) is 0 Å². The minimum absolute atomic E-state index is 0.201. The van der Waals surface area contributed by atoms with Crippen molar-refractivity contribution in [3.05, 3.63) is 36.5 Å². The number of aliphatic hydroxyl groups excluding tert-OH is 11. The number of carbonyl (C=O) groups excluding carboxylic acids is 2. The lowest BCUT2D eigenvalue weighted by Gasteiger charge is -2.50. The standard InChI is InChI=1S/C79H144N2O21/c1-4-6-8-10-12-14-16-18-20-22-23-24-25-26-27-28-29-30-31-32-33-34-35-37-39-41-43-45-47-49-51-53-66(89)81-60(61(86)52-50-48-46-44-42-40-38-36-21-19-17-15-13-11-9-7-5-2)58-97-76-71(93)70(92)73(65(57-84)99-76)100-77-72(94)75(69(91)64(56-83)98-77)102-79(78(95)96)54-62(87)67(80-59(3)85)74(101-79)68(90)63(88)55-82/h23-24,26-27,50,52,60-65,67-77,82-84,86-88,90-94H,4-22,25,28-49,51,53-58H2,1-3H3,(H,80,85)(H,81,89)(H,95,96)/b24-23-,27-26-,52-50+. The molecule has 102 heavy (non-hydrogen) atoms. The zero-order chi connectivity index (χ0) is 74.6. The summed E-state index contributed by atoms with van der Waals surface area (Å²) in [7, 11) is 0. The molecule has 23 nitrogen and oxygen atoms in total. The summed E-state index contributed by atoms with van der Waals surface area (Å²) in [6.07, 6.45) is 36.1. The molecule has 0 saturated carbocycles. The van der Waals surface area contributed by atoms with Gasteiger partial charge >= 0.3 is 5.97 Å². The molecule has 3 rings (SSSR count). The summed E-state index contributed by atoms with van der Waals surface area (Å²) in [5.74, 6) is -6.14. The van der Waals surface area contributed by atoms with Crippen LogP contribution in [0.25, 0.3) is 0 Å². The zero-order valence-corrected chi connectivity index (χ0v) is 63.0. The van der Waals surface area contributed by atoms with Gasteiger partial charge in [-0.2, -0.15) is 0 Å². The van der Waals surface area contributed by atoms with Gasteiger partial charge in [-0.15, -0.1) is 0 Å². The highest BCUT2D eigenvalue weighted by Crippen LogP contribution is 2.39. The fraction of sp³-hybridized carbons (Fsp3) is 0.886. The van der Waals surface area contributed by atoms with Crippen molar-refractivity contribution >= 4 is 17.8 Å². The Hall–Kier alpha value is -3.05. The number of carboxylic acid groups (broad SMARTS) is 1. The van der Waals surface area contributed by atoms with Crippen LogP contribution < -0.4 is 10.6 Å². The van der Waals surface area contributed by atoms with E-state index in [0.29, 0.717) is 12.8 Å². The SMILES string of the molecule is CCCCCCCCCCC/C=C\C/C=C\CCCCCCCCCCCCCCCCCC(=O)NC(COC1OC(CO)C(OC2OC(CO)C(O)C(OC3(C(=O)O)CC(O)C(NC(C)=O)C(C(O)C(O)CO)O3)C2O)C(O)C1O)C(O)/C=C/CCCCCCCCCCCCCCCCC. The van der Waals surface area contributed by atoms with Crippen LogP contribution in [0.3, 0.4) is 0 Å². The van der Waals surface area contributed by atoms with Gasteiger partial charge in [0.2, 0.25) is 11.8 Å². The van der Waals surface area contributed by atoms with Gasteiger partial charge in [-0.3, -0.25) is 9.59 Å². The van der Waals surface area contributed by atoms with E-state index in [-0.39, 0.29) is 12.3 Å². The lowest BCUT2D eigenvalue weighted by Crippen LogP contribution is -2.70. The number of amides is 2. The van der Waals surface area contributed by atoms with Gasteiger partial charge < -0.3 is 100 Å². The Kier molecular flexibility index (Phi) is 53.0. The molecule has 3 aliphatic rings. The van der Waals surface area contributed by atoms with Crippen LogP contribution in [0.1, 0.15) is 310 Å². The van der Waals surface area contributed by atoms with Crippen molar-refractivity contribution in [2.45, 2.75) is 420 Å². The van der Waals surface area contributed by atoms with Crippen LogP contribution in [0.2, 0.25) is 0 Å². The molecule has 3 aliphatic heterocycles. The number of allylic oxidation sites excluding steroid dienone is 5. The number of nitrogens with one attached hydrogen (secondary N) is 2. The number of hydrogen-bond acceptors (Lipinski definition) is 20. The number of ether oxygens (including phenoxy) is 6. The summed E-state index contributed by atoms with van der Waals surface area (Å²) in [5, 5.41) is 136. The first kappa shape index (κ1) is 93.2. The molecule has 2 amide bonds. The topological polar surface area (TPSA) is 373 Å². The van der Waals surface area contributed by atoms with Crippen molar-refractivity contribution in [3.63, 3.8) is 0 Å². The molecule has 14 N–H and O–H groups in total. The fourth-order valence-electron chi connectivity index (χ4n) is 13.9. The molecule has 18 atom stereocenters. The number of rotatable bonds is 63. The smallest absolute Gasteiger partial charge is 0.364 e. The van der Waals surface area contributed by atoms with Crippen LogP contribution >= 0.6 is 0 Å². The molecule has 3 saturated heterocycles. The molecular weight excluding hydrogens is 1310 g/mol. The van der Waals surface area contributed by atoms with E-state index < -0.39 is 155 Å². The van der Waals surface area contributed by atoms with Gasteiger partial charge in [0.25, 0.3) is 5.79 Å². The predicted molar refractivity (Wildman–Crippen MR) is 394 cm³/mol. The monoisotopic (exact) mass is 1460 g/mol. The number of aliphatic carboxylic acids is 1. The van der Waals surface area contributed by atoms with Gasteiger partial charge in [-0.1, -0.05) is 275 Å². The number of aliphatic hydroxyl groups is 11. The molecule has 0 spiro atoms. The van der Waals surface area contributed by atoms with E-state index in [9.17, 15) is 75.7 Å². The maximum absolute atomic E-state index is 13.5. The largest absolute Gasteiger partial charge is 0.477 e. The third-order valence-corrected chi connectivity index (χ3v) is 20.3. The third kappa shape index (κ3) is 38.2.